The van der Waals surface area contributed by atoms with Crippen LogP contribution in [-0.4, -0.2) is 61.7 Å². The molecular weight excluding hydrogens is 222 g/mol. The molecule has 3 heteroatoms. The summed E-state index contributed by atoms with van der Waals surface area (Å²) in [5, 5.41) is 3.52. The van der Waals surface area contributed by atoms with Gasteiger partial charge in [-0.05, 0) is 58.7 Å². The first-order chi connectivity index (χ1) is 8.78. The Morgan fingerprint density at radius 3 is 2.72 bits per heavy atom. The molecule has 0 radical (unpaired) electrons. The maximum atomic E-state index is 3.52. The van der Waals surface area contributed by atoms with Crippen LogP contribution < -0.4 is 5.32 Å². The fourth-order valence-corrected chi connectivity index (χ4v) is 4.51. The van der Waals surface area contributed by atoms with Gasteiger partial charge in [-0.15, -0.1) is 0 Å². The molecular formula is C15H29N3. The van der Waals surface area contributed by atoms with Crippen molar-refractivity contribution in [3.8, 4) is 0 Å². The normalized spacial score (nSPS) is 42.3. The van der Waals surface area contributed by atoms with Crippen molar-refractivity contribution in [2.45, 2.75) is 56.7 Å². The summed E-state index contributed by atoms with van der Waals surface area (Å²) in [7, 11) is 4.49. The van der Waals surface area contributed by atoms with Crippen molar-refractivity contribution in [2.75, 3.05) is 33.7 Å². The fraction of sp³-hybridized carbons (Fsp3) is 1.00. The molecule has 2 saturated heterocycles. The van der Waals surface area contributed by atoms with Crippen LogP contribution in [0.5, 0.6) is 0 Å². The van der Waals surface area contributed by atoms with Crippen molar-refractivity contribution < 1.29 is 0 Å². The summed E-state index contributed by atoms with van der Waals surface area (Å²) in [6.07, 6.45) is 8.52. The van der Waals surface area contributed by atoms with Crippen LogP contribution in [0.1, 0.15) is 38.5 Å². The summed E-state index contributed by atoms with van der Waals surface area (Å²) in [4.78, 5) is 5.42. The van der Waals surface area contributed by atoms with E-state index < -0.39 is 0 Å². The Morgan fingerprint density at radius 1 is 1.06 bits per heavy atom. The second kappa shape index (κ2) is 5.48. The van der Waals surface area contributed by atoms with E-state index in [-0.39, 0.29) is 0 Å². The van der Waals surface area contributed by atoms with Crippen molar-refractivity contribution in [2.24, 2.45) is 5.92 Å². The van der Waals surface area contributed by atoms with Crippen LogP contribution in [0.2, 0.25) is 0 Å². The molecule has 4 unspecified atom stereocenters. The number of likely N-dealkylation sites (N-methyl/N-ethyl adjacent to an activating group) is 1. The van der Waals surface area contributed by atoms with Crippen LogP contribution in [0.4, 0.5) is 0 Å². The van der Waals surface area contributed by atoms with Gasteiger partial charge in [-0.2, -0.15) is 0 Å². The lowest BCUT2D eigenvalue weighted by Gasteiger charge is -2.30. The van der Waals surface area contributed by atoms with E-state index in [2.05, 4.69) is 29.2 Å². The first kappa shape index (κ1) is 12.9. The average Bonchev–Trinajstić information content (AvgIpc) is 2.88. The van der Waals surface area contributed by atoms with E-state index in [0.717, 1.165) is 24.0 Å². The lowest BCUT2D eigenvalue weighted by Crippen LogP contribution is -2.42. The van der Waals surface area contributed by atoms with E-state index in [9.17, 15) is 0 Å². The highest BCUT2D eigenvalue weighted by molar-refractivity contribution is 4.92. The molecule has 0 aromatic heterocycles. The maximum Gasteiger partial charge on any atom is 0.0223 e. The first-order valence-corrected chi connectivity index (χ1v) is 7.89. The predicted octanol–water partition coefficient (Wildman–Crippen LogP) is 1.54. The van der Waals surface area contributed by atoms with Crippen molar-refractivity contribution in [1.82, 2.24) is 15.1 Å². The minimum atomic E-state index is 0.781. The van der Waals surface area contributed by atoms with Crippen LogP contribution in [0.25, 0.3) is 0 Å². The highest BCUT2D eigenvalue weighted by Gasteiger charge is 2.36. The quantitative estimate of drug-likeness (QED) is 0.821. The Hall–Kier alpha value is -0.120. The molecule has 0 aromatic rings. The van der Waals surface area contributed by atoms with Gasteiger partial charge in [0.05, 0.1) is 0 Å². The Bertz CT molecular complexity index is 281. The number of fused-ring (bicyclic) bond motifs is 2. The largest absolute Gasteiger partial charge is 0.317 e. The molecule has 3 nitrogen and oxygen atoms in total. The number of hydrogen-bond acceptors (Lipinski definition) is 3. The Balaban J connectivity index is 1.57. The van der Waals surface area contributed by atoms with Gasteiger partial charge in [-0.25, -0.2) is 0 Å². The van der Waals surface area contributed by atoms with E-state index in [1.165, 1.54) is 58.2 Å². The van der Waals surface area contributed by atoms with Crippen LogP contribution >= 0.6 is 0 Å². The van der Waals surface area contributed by atoms with Gasteiger partial charge in [0.2, 0.25) is 0 Å². The molecule has 2 aliphatic heterocycles. The van der Waals surface area contributed by atoms with Gasteiger partial charge in [-0.3, -0.25) is 4.90 Å². The maximum absolute atomic E-state index is 3.52. The minimum Gasteiger partial charge on any atom is -0.317 e. The molecule has 1 aliphatic carbocycles. The minimum absolute atomic E-state index is 0.781. The number of rotatable bonds is 3. The van der Waals surface area contributed by atoms with Crippen LogP contribution in [0, 0.1) is 5.92 Å². The van der Waals surface area contributed by atoms with Crippen LogP contribution in [-0.2, 0) is 0 Å². The lowest BCUT2D eigenvalue weighted by atomic mass is 10.0. The van der Waals surface area contributed by atoms with E-state index >= 15 is 0 Å². The fourth-order valence-electron chi connectivity index (χ4n) is 4.51. The van der Waals surface area contributed by atoms with E-state index in [0.29, 0.717) is 0 Å². The molecule has 0 amide bonds. The molecule has 4 atom stereocenters. The number of likely N-dealkylation sites (tertiary alicyclic amines) is 1. The zero-order chi connectivity index (χ0) is 12.5. The van der Waals surface area contributed by atoms with Gasteiger partial charge >= 0.3 is 0 Å². The zero-order valence-electron chi connectivity index (χ0n) is 12.1. The molecule has 3 aliphatic rings. The Kier molecular flexibility index (Phi) is 3.92. The summed E-state index contributed by atoms with van der Waals surface area (Å²) < 4.78 is 0. The zero-order valence-corrected chi connectivity index (χ0v) is 12.1. The predicted molar refractivity (Wildman–Crippen MR) is 75.8 cm³/mol. The monoisotopic (exact) mass is 251 g/mol. The van der Waals surface area contributed by atoms with E-state index in [4.69, 9.17) is 0 Å². The molecule has 0 aromatic carbocycles. The molecule has 3 rings (SSSR count). The molecule has 104 valence electrons. The Morgan fingerprint density at radius 2 is 1.89 bits per heavy atom. The van der Waals surface area contributed by atoms with Crippen LogP contribution in [0.3, 0.4) is 0 Å². The smallest absolute Gasteiger partial charge is 0.0223 e. The molecule has 1 N–H and O–H groups in total. The average molecular weight is 251 g/mol. The molecule has 2 heterocycles. The van der Waals surface area contributed by atoms with Gasteiger partial charge in [0, 0.05) is 31.2 Å². The number of nitrogens with zero attached hydrogens (tertiary/aromatic N) is 2. The second-order valence-corrected chi connectivity index (χ2v) is 6.68. The number of hydrogen-bond donors (Lipinski definition) is 1. The second-order valence-electron chi connectivity index (χ2n) is 6.68. The van der Waals surface area contributed by atoms with Gasteiger partial charge < -0.3 is 10.2 Å². The van der Waals surface area contributed by atoms with Gasteiger partial charge in [0.1, 0.15) is 0 Å². The highest BCUT2D eigenvalue weighted by Crippen LogP contribution is 2.31. The molecule has 2 bridgehead atoms. The topological polar surface area (TPSA) is 18.5 Å². The summed E-state index contributed by atoms with van der Waals surface area (Å²) >= 11 is 0. The molecule has 3 fully saturated rings. The first-order valence-electron chi connectivity index (χ1n) is 7.89. The van der Waals surface area contributed by atoms with E-state index in [1.54, 1.807) is 0 Å². The highest BCUT2D eigenvalue weighted by atomic mass is 15.3. The SMILES string of the molecule is CNC1CCCC1CN1CCC2CCC(C1)N2C. The van der Waals surface area contributed by atoms with Gasteiger partial charge in [-0.1, -0.05) is 6.42 Å². The molecule has 0 spiro atoms. The third-order valence-electron chi connectivity index (χ3n) is 5.76. The third-order valence-corrected chi connectivity index (χ3v) is 5.76. The molecule has 18 heavy (non-hydrogen) atoms. The number of nitrogens with one attached hydrogen (secondary N) is 1. The van der Waals surface area contributed by atoms with Crippen molar-refractivity contribution in [3.05, 3.63) is 0 Å². The van der Waals surface area contributed by atoms with Crippen molar-refractivity contribution in [1.29, 1.82) is 0 Å². The standard InChI is InChI=1S/C15H29N3/c1-16-15-5-3-4-12(15)10-18-9-8-13-6-7-14(11-18)17(13)2/h12-16H,3-11H2,1-2H3. The van der Waals surface area contributed by atoms with Gasteiger partial charge in [0.25, 0.3) is 0 Å². The van der Waals surface area contributed by atoms with E-state index in [1.807, 2.05) is 0 Å². The van der Waals surface area contributed by atoms with Crippen LogP contribution in [0.15, 0.2) is 0 Å². The molecule has 1 saturated carbocycles. The van der Waals surface area contributed by atoms with Crippen molar-refractivity contribution >= 4 is 0 Å². The van der Waals surface area contributed by atoms with Crippen molar-refractivity contribution in [3.63, 3.8) is 0 Å². The Labute approximate surface area is 112 Å². The lowest BCUT2D eigenvalue weighted by molar-refractivity contribution is 0.189. The summed E-state index contributed by atoms with van der Waals surface area (Å²) in [6.45, 7) is 3.99. The third kappa shape index (κ3) is 2.45. The summed E-state index contributed by atoms with van der Waals surface area (Å²) in [5.74, 6) is 0.900. The summed E-state index contributed by atoms with van der Waals surface area (Å²) in [5.41, 5.74) is 0. The van der Waals surface area contributed by atoms with Gasteiger partial charge in [0.15, 0.2) is 0 Å². The summed E-state index contributed by atoms with van der Waals surface area (Å²) in [6, 6.07) is 2.50.